The van der Waals surface area contributed by atoms with Crippen LogP contribution in [0.5, 0.6) is 0 Å². The molecule has 0 radical (unpaired) electrons. The highest BCUT2D eigenvalue weighted by molar-refractivity contribution is 6.74. The molecule has 1 fully saturated rings. The molecule has 8 heteroatoms. The quantitative estimate of drug-likeness (QED) is 0.340. The van der Waals surface area contributed by atoms with Crippen LogP contribution in [0.25, 0.3) is 0 Å². The van der Waals surface area contributed by atoms with Gasteiger partial charge in [0, 0.05) is 0 Å². The van der Waals surface area contributed by atoms with Gasteiger partial charge in [0.25, 0.3) is 0 Å². The molecule has 3 rings (SSSR count). The van der Waals surface area contributed by atoms with Crippen molar-refractivity contribution in [1.82, 2.24) is 0 Å². The summed E-state index contributed by atoms with van der Waals surface area (Å²) < 4.78 is 30.6. The molecule has 2 aromatic rings. The standard InChI is InChI=1S/C30H46O7Si/c1-29(2,3)38(6,7)37-28(27(32)25-21-35-30(4,5)36-25)26(31)24(34-19-23-16-12-9-13-17-23)20-33-18-22-14-10-8-11-15-22/h8-17,24-28,31-32H,18-21H2,1-7H3/t24-,25-,26-,27+,28+/m0/s1. The van der Waals surface area contributed by atoms with Gasteiger partial charge in [0.2, 0.25) is 0 Å². The first kappa shape index (κ1) is 30.9. The lowest BCUT2D eigenvalue weighted by atomic mass is 9.99. The largest absolute Gasteiger partial charge is 0.408 e. The molecule has 0 saturated carbocycles. The van der Waals surface area contributed by atoms with Gasteiger partial charge in [-0.15, -0.1) is 0 Å². The minimum absolute atomic E-state index is 0.125. The minimum atomic E-state index is -2.41. The average molecular weight is 547 g/mol. The van der Waals surface area contributed by atoms with Crippen LogP contribution in [0.3, 0.4) is 0 Å². The van der Waals surface area contributed by atoms with Gasteiger partial charge in [-0.2, -0.15) is 0 Å². The molecule has 1 aliphatic heterocycles. The lowest BCUT2D eigenvalue weighted by molar-refractivity contribution is -0.181. The van der Waals surface area contributed by atoms with Gasteiger partial charge < -0.3 is 33.6 Å². The molecule has 212 valence electrons. The van der Waals surface area contributed by atoms with Gasteiger partial charge in [-0.3, -0.25) is 0 Å². The predicted octanol–water partition coefficient (Wildman–Crippen LogP) is 5.05. The van der Waals surface area contributed by atoms with Crippen molar-refractivity contribution >= 4 is 8.32 Å². The van der Waals surface area contributed by atoms with E-state index in [9.17, 15) is 10.2 Å². The second kappa shape index (κ2) is 13.2. The first-order valence-electron chi connectivity index (χ1n) is 13.4. The van der Waals surface area contributed by atoms with Crippen LogP contribution in [0.15, 0.2) is 60.7 Å². The van der Waals surface area contributed by atoms with E-state index in [0.29, 0.717) is 6.61 Å². The Morgan fingerprint density at radius 2 is 1.50 bits per heavy atom. The normalized spacial score (nSPS) is 21.1. The fourth-order valence-electron chi connectivity index (χ4n) is 4.06. The Morgan fingerprint density at radius 3 is 2.00 bits per heavy atom. The second-order valence-corrected chi connectivity index (χ2v) is 16.8. The summed E-state index contributed by atoms with van der Waals surface area (Å²) in [6, 6.07) is 19.6. The fraction of sp³-hybridized carbons (Fsp3) is 0.600. The van der Waals surface area contributed by atoms with Crippen LogP contribution in [-0.2, 0) is 36.6 Å². The molecule has 1 aliphatic rings. The summed E-state index contributed by atoms with van der Waals surface area (Å²) in [5, 5.41) is 23.1. The summed E-state index contributed by atoms with van der Waals surface area (Å²) in [6.07, 6.45) is -4.66. The van der Waals surface area contributed by atoms with Crippen LogP contribution in [0, 0.1) is 0 Å². The number of rotatable bonds is 13. The molecule has 0 unspecified atom stereocenters. The molecule has 2 N–H and O–H groups in total. The number of ether oxygens (including phenoxy) is 4. The lowest BCUT2D eigenvalue weighted by Gasteiger charge is -2.43. The van der Waals surface area contributed by atoms with Crippen molar-refractivity contribution in [2.75, 3.05) is 13.2 Å². The molecule has 1 heterocycles. The lowest BCUT2D eigenvalue weighted by Crippen LogP contribution is -2.58. The summed E-state index contributed by atoms with van der Waals surface area (Å²) in [7, 11) is -2.41. The molecule has 0 bridgehead atoms. The molecular formula is C30H46O7Si. The third-order valence-corrected chi connectivity index (χ3v) is 11.9. The number of benzene rings is 2. The average Bonchev–Trinajstić information content (AvgIpc) is 3.24. The molecule has 2 aromatic carbocycles. The van der Waals surface area contributed by atoms with Crippen molar-refractivity contribution in [3.8, 4) is 0 Å². The van der Waals surface area contributed by atoms with Gasteiger partial charge in [-0.25, -0.2) is 0 Å². The van der Waals surface area contributed by atoms with Crippen molar-refractivity contribution in [3.05, 3.63) is 71.8 Å². The summed E-state index contributed by atoms with van der Waals surface area (Å²) in [4.78, 5) is 0. The van der Waals surface area contributed by atoms with E-state index in [-0.39, 0.29) is 24.9 Å². The van der Waals surface area contributed by atoms with Crippen molar-refractivity contribution in [3.63, 3.8) is 0 Å². The topological polar surface area (TPSA) is 86.6 Å². The van der Waals surface area contributed by atoms with E-state index in [2.05, 4.69) is 33.9 Å². The Morgan fingerprint density at radius 1 is 0.947 bits per heavy atom. The second-order valence-electron chi connectivity index (χ2n) is 12.0. The van der Waals surface area contributed by atoms with Crippen LogP contribution in [0.4, 0.5) is 0 Å². The molecule has 0 amide bonds. The molecule has 7 nitrogen and oxygen atoms in total. The van der Waals surface area contributed by atoms with Crippen LogP contribution in [-0.4, -0.2) is 68.1 Å². The first-order chi connectivity index (χ1) is 17.8. The van der Waals surface area contributed by atoms with Gasteiger partial charge >= 0.3 is 0 Å². The van der Waals surface area contributed by atoms with Gasteiger partial charge in [-0.1, -0.05) is 81.4 Å². The number of aliphatic hydroxyl groups is 2. The van der Waals surface area contributed by atoms with E-state index < -0.39 is 44.6 Å². The molecule has 5 atom stereocenters. The van der Waals surface area contributed by atoms with Gasteiger partial charge in [0.05, 0.1) is 26.4 Å². The van der Waals surface area contributed by atoms with E-state index >= 15 is 0 Å². The third kappa shape index (κ3) is 8.69. The van der Waals surface area contributed by atoms with Crippen LogP contribution in [0.1, 0.15) is 45.7 Å². The maximum Gasteiger partial charge on any atom is 0.192 e. The highest BCUT2D eigenvalue weighted by Crippen LogP contribution is 2.39. The molecular weight excluding hydrogens is 500 g/mol. The highest BCUT2D eigenvalue weighted by Gasteiger charge is 2.48. The molecule has 0 aliphatic carbocycles. The zero-order chi connectivity index (χ0) is 28.0. The van der Waals surface area contributed by atoms with Crippen molar-refractivity contribution in [2.24, 2.45) is 0 Å². The zero-order valence-electron chi connectivity index (χ0n) is 23.9. The van der Waals surface area contributed by atoms with E-state index in [1.165, 1.54) is 0 Å². The number of aliphatic hydroxyl groups excluding tert-OH is 2. The molecule has 1 saturated heterocycles. The predicted molar refractivity (Wildman–Crippen MR) is 150 cm³/mol. The maximum absolute atomic E-state index is 11.8. The van der Waals surface area contributed by atoms with Crippen molar-refractivity contribution < 1.29 is 33.6 Å². The summed E-state index contributed by atoms with van der Waals surface area (Å²) >= 11 is 0. The summed E-state index contributed by atoms with van der Waals surface area (Å²) in [5.74, 6) is -0.819. The van der Waals surface area contributed by atoms with Crippen molar-refractivity contribution in [2.45, 2.75) is 102 Å². The molecule has 0 aromatic heterocycles. The number of hydrogen-bond acceptors (Lipinski definition) is 7. The van der Waals surface area contributed by atoms with E-state index in [1.807, 2.05) is 74.5 Å². The van der Waals surface area contributed by atoms with Gasteiger partial charge in [-0.05, 0) is 43.1 Å². The van der Waals surface area contributed by atoms with Crippen molar-refractivity contribution in [1.29, 1.82) is 0 Å². The first-order valence-corrected chi connectivity index (χ1v) is 16.3. The van der Waals surface area contributed by atoms with Crippen LogP contribution >= 0.6 is 0 Å². The Balaban J connectivity index is 1.83. The van der Waals surface area contributed by atoms with E-state index in [0.717, 1.165) is 11.1 Å². The minimum Gasteiger partial charge on any atom is -0.408 e. The monoisotopic (exact) mass is 546 g/mol. The van der Waals surface area contributed by atoms with E-state index in [4.69, 9.17) is 23.4 Å². The molecule has 0 spiro atoms. The van der Waals surface area contributed by atoms with E-state index in [1.54, 1.807) is 0 Å². The Bertz CT molecular complexity index is 962. The Hall–Kier alpha value is -1.62. The fourth-order valence-corrected chi connectivity index (χ4v) is 5.37. The summed E-state index contributed by atoms with van der Waals surface area (Å²) in [6.45, 7) is 15.2. The highest BCUT2D eigenvalue weighted by atomic mass is 28.4. The number of hydrogen-bond donors (Lipinski definition) is 2. The summed E-state index contributed by atoms with van der Waals surface area (Å²) in [5.41, 5.74) is 2.00. The zero-order valence-corrected chi connectivity index (χ0v) is 24.9. The van der Waals surface area contributed by atoms with Gasteiger partial charge in [0.1, 0.15) is 30.5 Å². The Kier molecular flexibility index (Phi) is 10.7. The SMILES string of the molecule is CC1(C)OC[C@@H]([C@@H](O)[C@H](O[Si](C)(C)C(C)(C)C)[C@@H](O)[C@H](COCc2ccccc2)OCc2ccccc2)O1. The maximum atomic E-state index is 11.8. The van der Waals surface area contributed by atoms with Gasteiger partial charge in [0.15, 0.2) is 14.1 Å². The third-order valence-electron chi connectivity index (χ3n) is 7.40. The smallest absolute Gasteiger partial charge is 0.192 e. The van der Waals surface area contributed by atoms with Crippen LogP contribution in [0.2, 0.25) is 18.1 Å². The van der Waals surface area contributed by atoms with Crippen LogP contribution < -0.4 is 0 Å². The molecule has 38 heavy (non-hydrogen) atoms. The Labute approximate surface area is 229 Å².